The first-order chi connectivity index (χ1) is 14.6. The van der Waals surface area contributed by atoms with E-state index in [0.29, 0.717) is 29.1 Å². The standard InChI is InChI=1S/C22H23ClN4O3/c1-3-4-18-12-21(28)26-22(25-18)27-24-13-16-7-10-19(20(11-16)29-2)30-14-15-5-8-17(23)9-6-15/h5-13H,3-4,14H2,1-2H3,(H2,25,26,27,28)/b24-13+. The van der Waals surface area contributed by atoms with E-state index in [1.165, 1.54) is 6.07 Å². The average molecular weight is 427 g/mol. The van der Waals surface area contributed by atoms with E-state index in [2.05, 4.69) is 20.5 Å². The van der Waals surface area contributed by atoms with Crippen molar-refractivity contribution in [1.29, 1.82) is 0 Å². The number of hydrazone groups is 1. The number of H-pyrrole nitrogens is 1. The number of aromatic amines is 1. The maximum Gasteiger partial charge on any atom is 0.252 e. The number of hydrogen-bond donors (Lipinski definition) is 2. The Morgan fingerprint density at radius 3 is 2.70 bits per heavy atom. The molecule has 0 fully saturated rings. The highest BCUT2D eigenvalue weighted by Gasteiger charge is 2.06. The number of hydrogen-bond acceptors (Lipinski definition) is 6. The zero-order chi connectivity index (χ0) is 21.3. The first-order valence-corrected chi connectivity index (χ1v) is 9.89. The van der Waals surface area contributed by atoms with Crippen molar-refractivity contribution in [1.82, 2.24) is 9.97 Å². The number of nitrogens with one attached hydrogen (secondary N) is 2. The van der Waals surface area contributed by atoms with E-state index in [9.17, 15) is 4.79 Å². The fourth-order valence-electron chi connectivity index (χ4n) is 2.74. The summed E-state index contributed by atoms with van der Waals surface area (Å²) < 4.78 is 11.3. The van der Waals surface area contributed by atoms with Crippen molar-refractivity contribution < 1.29 is 9.47 Å². The lowest BCUT2D eigenvalue weighted by atomic mass is 10.2. The SMILES string of the molecule is CCCc1cc(=O)[nH]c(N/N=C/c2ccc(OCc3ccc(Cl)cc3)c(OC)c2)n1. The van der Waals surface area contributed by atoms with Crippen molar-refractivity contribution in [3.8, 4) is 11.5 Å². The van der Waals surface area contributed by atoms with E-state index < -0.39 is 0 Å². The predicted molar refractivity (Wildman–Crippen MR) is 119 cm³/mol. The molecule has 0 amide bonds. The van der Waals surface area contributed by atoms with Gasteiger partial charge in [-0.2, -0.15) is 5.10 Å². The lowest BCUT2D eigenvalue weighted by Crippen LogP contribution is -2.12. The van der Waals surface area contributed by atoms with Crippen molar-refractivity contribution in [2.24, 2.45) is 5.10 Å². The summed E-state index contributed by atoms with van der Waals surface area (Å²) in [6.45, 7) is 2.43. The number of benzene rings is 2. The quantitative estimate of drug-likeness (QED) is 0.391. The Bertz CT molecular complexity index is 1060. The molecular weight excluding hydrogens is 404 g/mol. The molecule has 2 N–H and O–H groups in total. The minimum Gasteiger partial charge on any atom is -0.493 e. The van der Waals surface area contributed by atoms with Crippen molar-refractivity contribution in [2.75, 3.05) is 12.5 Å². The lowest BCUT2D eigenvalue weighted by molar-refractivity contribution is 0.284. The van der Waals surface area contributed by atoms with Crippen molar-refractivity contribution in [2.45, 2.75) is 26.4 Å². The van der Waals surface area contributed by atoms with E-state index in [4.69, 9.17) is 21.1 Å². The highest BCUT2D eigenvalue weighted by molar-refractivity contribution is 6.30. The number of aromatic nitrogens is 2. The van der Waals surface area contributed by atoms with Gasteiger partial charge in [-0.3, -0.25) is 9.78 Å². The largest absolute Gasteiger partial charge is 0.493 e. The Hall–Kier alpha value is -3.32. The van der Waals surface area contributed by atoms with Crippen LogP contribution in [-0.2, 0) is 13.0 Å². The molecule has 0 spiro atoms. The summed E-state index contributed by atoms with van der Waals surface area (Å²) in [5.74, 6) is 1.51. The monoisotopic (exact) mass is 426 g/mol. The highest BCUT2D eigenvalue weighted by atomic mass is 35.5. The third-order valence-electron chi connectivity index (χ3n) is 4.18. The van der Waals surface area contributed by atoms with Gasteiger partial charge in [0.05, 0.1) is 13.3 Å². The molecule has 0 atom stereocenters. The molecule has 7 nitrogen and oxygen atoms in total. The Labute approximate surface area is 179 Å². The van der Waals surface area contributed by atoms with Crippen LogP contribution in [0.3, 0.4) is 0 Å². The summed E-state index contributed by atoms with van der Waals surface area (Å²) in [5, 5.41) is 4.83. The van der Waals surface area contributed by atoms with E-state index in [1.807, 2.05) is 49.4 Å². The fourth-order valence-corrected chi connectivity index (χ4v) is 2.86. The van der Waals surface area contributed by atoms with Crippen molar-refractivity contribution in [3.05, 3.63) is 80.7 Å². The number of aryl methyl sites for hydroxylation is 1. The van der Waals surface area contributed by atoms with Gasteiger partial charge in [0.15, 0.2) is 11.5 Å². The van der Waals surface area contributed by atoms with E-state index in [-0.39, 0.29) is 5.56 Å². The van der Waals surface area contributed by atoms with Crippen LogP contribution in [0.2, 0.25) is 5.02 Å². The molecule has 1 aromatic heterocycles. The molecular formula is C22H23ClN4O3. The molecule has 0 saturated heterocycles. The van der Waals surface area contributed by atoms with Gasteiger partial charge >= 0.3 is 0 Å². The third-order valence-corrected chi connectivity index (χ3v) is 4.43. The zero-order valence-corrected chi connectivity index (χ0v) is 17.6. The molecule has 0 aliphatic heterocycles. The van der Waals surface area contributed by atoms with Crippen LogP contribution < -0.4 is 20.5 Å². The van der Waals surface area contributed by atoms with Crippen LogP contribution in [0.4, 0.5) is 5.95 Å². The normalized spacial score (nSPS) is 10.9. The summed E-state index contributed by atoms with van der Waals surface area (Å²) in [6.07, 6.45) is 3.25. The summed E-state index contributed by atoms with van der Waals surface area (Å²) in [7, 11) is 1.58. The molecule has 3 rings (SSSR count). The van der Waals surface area contributed by atoms with E-state index in [0.717, 1.165) is 29.7 Å². The second kappa shape index (κ2) is 10.5. The Balaban J connectivity index is 1.65. The lowest BCUT2D eigenvalue weighted by Gasteiger charge is -2.11. The Morgan fingerprint density at radius 2 is 1.97 bits per heavy atom. The molecule has 0 aliphatic rings. The molecule has 0 radical (unpaired) electrons. The van der Waals surface area contributed by atoms with E-state index >= 15 is 0 Å². The first-order valence-electron chi connectivity index (χ1n) is 9.52. The Morgan fingerprint density at radius 1 is 1.17 bits per heavy atom. The molecule has 1 heterocycles. The molecule has 0 aliphatic carbocycles. The second-order valence-corrected chi connectivity index (χ2v) is 6.97. The van der Waals surface area contributed by atoms with Crippen LogP contribution in [0.15, 0.2) is 58.4 Å². The van der Waals surface area contributed by atoms with Crippen LogP contribution in [0.1, 0.15) is 30.2 Å². The molecule has 30 heavy (non-hydrogen) atoms. The van der Waals surface area contributed by atoms with Gasteiger partial charge in [0.25, 0.3) is 5.56 Å². The third kappa shape index (κ3) is 6.09. The zero-order valence-electron chi connectivity index (χ0n) is 16.8. The molecule has 3 aromatic rings. The van der Waals surface area contributed by atoms with Crippen molar-refractivity contribution >= 4 is 23.8 Å². The Kier molecular flexibility index (Phi) is 7.45. The van der Waals surface area contributed by atoms with Gasteiger partial charge in [-0.1, -0.05) is 37.1 Å². The topological polar surface area (TPSA) is 88.6 Å². The number of methoxy groups -OCH3 is 1. The van der Waals surface area contributed by atoms with Gasteiger partial charge in [0.1, 0.15) is 6.61 Å². The van der Waals surface area contributed by atoms with Gasteiger partial charge in [-0.15, -0.1) is 0 Å². The number of anilines is 1. The van der Waals surface area contributed by atoms with Crippen LogP contribution in [0, 0.1) is 0 Å². The minimum absolute atomic E-state index is 0.213. The van der Waals surface area contributed by atoms with Crippen molar-refractivity contribution in [3.63, 3.8) is 0 Å². The summed E-state index contributed by atoms with van der Waals surface area (Å²) >= 11 is 5.90. The average Bonchev–Trinajstić information content (AvgIpc) is 2.73. The smallest absolute Gasteiger partial charge is 0.252 e. The summed E-state index contributed by atoms with van der Waals surface area (Å²) in [4.78, 5) is 18.6. The van der Waals surface area contributed by atoms with Crippen LogP contribution in [0.25, 0.3) is 0 Å². The number of halogens is 1. The maximum atomic E-state index is 11.7. The maximum absolute atomic E-state index is 11.7. The predicted octanol–water partition coefficient (Wildman–Crippen LogP) is 4.41. The second-order valence-electron chi connectivity index (χ2n) is 6.53. The van der Waals surface area contributed by atoms with Crippen LogP contribution >= 0.6 is 11.6 Å². The number of nitrogens with zero attached hydrogens (tertiary/aromatic N) is 2. The summed E-state index contributed by atoms with van der Waals surface area (Å²) in [5.41, 5.74) is 5.07. The molecule has 0 bridgehead atoms. The van der Waals surface area contributed by atoms with Crippen LogP contribution in [0.5, 0.6) is 11.5 Å². The van der Waals surface area contributed by atoms with Crippen LogP contribution in [-0.4, -0.2) is 23.3 Å². The first kappa shape index (κ1) is 21.4. The van der Waals surface area contributed by atoms with Gasteiger partial charge < -0.3 is 9.47 Å². The van der Waals surface area contributed by atoms with Gasteiger partial charge in [-0.05, 0) is 47.9 Å². The molecule has 156 valence electrons. The fraction of sp³-hybridized carbons (Fsp3) is 0.227. The van der Waals surface area contributed by atoms with Gasteiger partial charge in [0, 0.05) is 16.8 Å². The molecule has 2 aromatic carbocycles. The number of rotatable bonds is 9. The molecule has 0 unspecified atom stereocenters. The van der Waals surface area contributed by atoms with Gasteiger partial charge in [-0.25, -0.2) is 10.4 Å². The number of ether oxygens (including phenoxy) is 2. The molecule has 0 saturated carbocycles. The van der Waals surface area contributed by atoms with E-state index in [1.54, 1.807) is 13.3 Å². The molecule has 8 heteroatoms. The highest BCUT2D eigenvalue weighted by Crippen LogP contribution is 2.28. The minimum atomic E-state index is -0.213. The van der Waals surface area contributed by atoms with Gasteiger partial charge in [0.2, 0.25) is 5.95 Å². The summed E-state index contributed by atoms with van der Waals surface area (Å²) in [6, 6.07) is 14.4.